The third-order valence-corrected chi connectivity index (χ3v) is 3.61. The van der Waals surface area contributed by atoms with Crippen molar-refractivity contribution in [2.75, 3.05) is 6.54 Å². The van der Waals surface area contributed by atoms with Crippen LogP contribution in [0.1, 0.15) is 17.4 Å². The molecule has 6 heteroatoms. The van der Waals surface area contributed by atoms with Crippen molar-refractivity contribution >= 4 is 23.0 Å². The molecule has 0 saturated heterocycles. The van der Waals surface area contributed by atoms with Crippen LogP contribution < -0.4 is 5.32 Å². The SMILES string of the molecule is O=C(/C=C/c1cnc2ccccc2n1)NCC(O)c1ccccc1F. The number of nitrogens with zero attached hydrogens (tertiary/aromatic N) is 2. The maximum absolute atomic E-state index is 13.6. The van der Waals surface area contributed by atoms with Gasteiger partial charge in [-0.25, -0.2) is 9.37 Å². The molecular formula is C19H16FN3O2. The Hall–Kier alpha value is -3.12. The summed E-state index contributed by atoms with van der Waals surface area (Å²) in [4.78, 5) is 20.5. The van der Waals surface area contributed by atoms with Crippen LogP contribution in [0.15, 0.2) is 60.8 Å². The lowest BCUT2D eigenvalue weighted by Crippen LogP contribution is -2.27. The number of hydrogen-bond donors (Lipinski definition) is 2. The summed E-state index contributed by atoms with van der Waals surface area (Å²) in [7, 11) is 0. The molecule has 1 heterocycles. The zero-order chi connectivity index (χ0) is 17.6. The van der Waals surface area contributed by atoms with E-state index in [2.05, 4.69) is 15.3 Å². The van der Waals surface area contributed by atoms with Crippen molar-refractivity contribution in [3.8, 4) is 0 Å². The molecule has 0 aliphatic rings. The Kier molecular flexibility index (Phi) is 5.11. The van der Waals surface area contributed by atoms with Crippen molar-refractivity contribution in [1.29, 1.82) is 0 Å². The predicted molar refractivity (Wildman–Crippen MR) is 92.9 cm³/mol. The molecule has 1 aromatic heterocycles. The Labute approximate surface area is 143 Å². The minimum atomic E-state index is -1.11. The molecule has 126 valence electrons. The summed E-state index contributed by atoms with van der Waals surface area (Å²) in [5.41, 5.74) is 2.20. The van der Waals surface area contributed by atoms with Crippen molar-refractivity contribution < 1.29 is 14.3 Å². The molecule has 2 aromatic carbocycles. The van der Waals surface area contributed by atoms with Crippen LogP contribution in [0, 0.1) is 5.82 Å². The second-order valence-electron chi connectivity index (χ2n) is 5.40. The molecule has 3 rings (SSSR count). The lowest BCUT2D eigenvalue weighted by molar-refractivity contribution is -0.116. The first-order valence-electron chi connectivity index (χ1n) is 7.73. The lowest BCUT2D eigenvalue weighted by Gasteiger charge is -2.12. The lowest BCUT2D eigenvalue weighted by atomic mass is 10.1. The number of para-hydroxylation sites is 2. The van der Waals surface area contributed by atoms with E-state index in [0.717, 1.165) is 11.0 Å². The van der Waals surface area contributed by atoms with E-state index in [4.69, 9.17) is 0 Å². The topological polar surface area (TPSA) is 75.1 Å². The summed E-state index contributed by atoms with van der Waals surface area (Å²) in [6, 6.07) is 13.3. The summed E-state index contributed by atoms with van der Waals surface area (Å²) in [6.07, 6.45) is 3.29. The van der Waals surface area contributed by atoms with Gasteiger partial charge in [0.05, 0.1) is 29.0 Å². The first-order chi connectivity index (χ1) is 12.1. The largest absolute Gasteiger partial charge is 0.386 e. The van der Waals surface area contributed by atoms with Crippen molar-refractivity contribution in [2.24, 2.45) is 0 Å². The van der Waals surface area contributed by atoms with Crippen LogP contribution in [0.25, 0.3) is 17.1 Å². The van der Waals surface area contributed by atoms with Gasteiger partial charge in [0, 0.05) is 18.2 Å². The van der Waals surface area contributed by atoms with Crippen LogP contribution >= 0.6 is 0 Å². The average molecular weight is 337 g/mol. The molecule has 1 amide bonds. The van der Waals surface area contributed by atoms with Crippen LogP contribution in [-0.2, 0) is 4.79 Å². The molecule has 0 saturated carbocycles. The monoisotopic (exact) mass is 337 g/mol. The van der Waals surface area contributed by atoms with E-state index in [1.54, 1.807) is 12.3 Å². The number of hydrogen-bond acceptors (Lipinski definition) is 4. The summed E-state index contributed by atoms with van der Waals surface area (Å²) in [6.45, 7) is -0.0898. The summed E-state index contributed by atoms with van der Waals surface area (Å²) in [5, 5.41) is 12.5. The molecule has 1 atom stereocenters. The van der Waals surface area contributed by atoms with Crippen molar-refractivity contribution in [2.45, 2.75) is 6.10 Å². The highest BCUT2D eigenvalue weighted by atomic mass is 19.1. The van der Waals surface area contributed by atoms with Gasteiger partial charge < -0.3 is 10.4 Å². The number of aliphatic hydroxyl groups is 1. The fourth-order valence-corrected chi connectivity index (χ4v) is 2.32. The fraction of sp³-hybridized carbons (Fsp3) is 0.105. The summed E-state index contributed by atoms with van der Waals surface area (Å²) in [5.74, 6) is -0.920. The van der Waals surface area contributed by atoms with Crippen molar-refractivity contribution in [3.63, 3.8) is 0 Å². The number of benzene rings is 2. The Morgan fingerprint density at radius 1 is 1.16 bits per heavy atom. The van der Waals surface area contributed by atoms with Gasteiger partial charge in [0.2, 0.25) is 5.91 Å². The van der Waals surface area contributed by atoms with Gasteiger partial charge in [0.1, 0.15) is 5.82 Å². The molecule has 0 fully saturated rings. The summed E-state index contributed by atoms with van der Waals surface area (Å²) >= 11 is 0. The van der Waals surface area contributed by atoms with Gasteiger partial charge in [0.15, 0.2) is 0 Å². The average Bonchev–Trinajstić information content (AvgIpc) is 2.64. The third-order valence-electron chi connectivity index (χ3n) is 3.61. The van der Waals surface area contributed by atoms with Crippen LogP contribution in [0.2, 0.25) is 0 Å². The number of carbonyl (C=O) groups is 1. The number of aromatic nitrogens is 2. The molecule has 25 heavy (non-hydrogen) atoms. The van der Waals surface area contributed by atoms with E-state index in [1.807, 2.05) is 24.3 Å². The molecule has 0 aliphatic carbocycles. The highest BCUT2D eigenvalue weighted by Gasteiger charge is 2.12. The molecular weight excluding hydrogens is 321 g/mol. The quantitative estimate of drug-likeness (QED) is 0.702. The van der Waals surface area contributed by atoms with Crippen molar-refractivity contribution in [1.82, 2.24) is 15.3 Å². The second kappa shape index (κ2) is 7.63. The van der Waals surface area contributed by atoms with Gasteiger partial charge in [-0.2, -0.15) is 0 Å². The van der Waals surface area contributed by atoms with E-state index in [1.165, 1.54) is 30.4 Å². The van der Waals surface area contributed by atoms with Gasteiger partial charge in [-0.15, -0.1) is 0 Å². The Bertz CT molecular complexity index is 927. The highest BCUT2D eigenvalue weighted by molar-refractivity contribution is 5.91. The van der Waals surface area contributed by atoms with Gasteiger partial charge in [0.25, 0.3) is 0 Å². The molecule has 5 nitrogen and oxygen atoms in total. The Morgan fingerprint density at radius 3 is 2.68 bits per heavy atom. The first kappa shape index (κ1) is 16.7. The zero-order valence-corrected chi connectivity index (χ0v) is 13.3. The molecule has 0 aliphatic heterocycles. The molecule has 0 radical (unpaired) electrons. The maximum Gasteiger partial charge on any atom is 0.244 e. The number of fused-ring (bicyclic) bond motifs is 1. The number of aliphatic hydroxyl groups excluding tert-OH is 1. The van der Waals surface area contributed by atoms with Gasteiger partial charge >= 0.3 is 0 Å². The number of rotatable bonds is 5. The van der Waals surface area contributed by atoms with Gasteiger partial charge in [-0.1, -0.05) is 30.3 Å². The zero-order valence-electron chi connectivity index (χ0n) is 13.3. The van der Waals surface area contributed by atoms with E-state index < -0.39 is 17.8 Å². The standard InChI is InChI=1S/C19H16FN3O2/c20-15-6-2-1-5-14(15)18(24)12-22-19(25)10-9-13-11-21-16-7-3-4-8-17(16)23-13/h1-11,18,24H,12H2,(H,22,25)/b10-9+. The smallest absolute Gasteiger partial charge is 0.244 e. The highest BCUT2D eigenvalue weighted by Crippen LogP contribution is 2.15. The van der Waals surface area contributed by atoms with Crippen LogP contribution in [0.5, 0.6) is 0 Å². The van der Waals surface area contributed by atoms with Gasteiger partial charge in [-0.05, 0) is 24.3 Å². The molecule has 0 spiro atoms. The predicted octanol–water partition coefficient (Wildman–Crippen LogP) is 2.63. The maximum atomic E-state index is 13.6. The molecule has 2 N–H and O–H groups in total. The molecule has 3 aromatic rings. The first-order valence-corrected chi connectivity index (χ1v) is 7.73. The summed E-state index contributed by atoms with van der Waals surface area (Å²) < 4.78 is 13.6. The number of nitrogens with one attached hydrogen (secondary N) is 1. The molecule has 1 unspecified atom stereocenters. The fourth-order valence-electron chi connectivity index (χ4n) is 2.32. The van der Waals surface area contributed by atoms with E-state index in [-0.39, 0.29) is 12.1 Å². The molecule has 0 bridgehead atoms. The number of halogens is 1. The van der Waals surface area contributed by atoms with Crippen molar-refractivity contribution in [3.05, 3.63) is 77.9 Å². The third kappa shape index (κ3) is 4.24. The van der Waals surface area contributed by atoms with Crippen LogP contribution in [0.3, 0.4) is 0 Å². The minimum absolute atomic E-state index is 0.0898. The second-order valence-corrected chi connectivity index (χ2v) is 5.40. The van der Waals surface area contributed by atoms with Gasteiger partial charge in [-0.3, -0.25) is 9.78 Å². The van der Waals surface area contributed by atoms with Crippen LogP contribution in [-0.4, -0.2) is 27.5 Å². The Balaban J connectivity index is 1.59. The normalized spacial score (nSPS) is 12.4. The minimum Gasteiger partial charge on any atom is -0.386 e. The Morgan fingerprint density at radius 2 is 1.88 bits per heavy atom. The number of amides is 1. The van der Waals surface area contributed by atoms with Crippen LogP contribution in [0.4, 0.5) is 4.39 Å². The van der Waals surface area contributed by atoms with E-state index in [0.29, 0.717) is 5.69 Å². The van der Waals surface area contributed by atoms with E-state index >= 15 is 0 Å². The van der Waals surface area contributed by atoms with E-state index in [9.17, 15) is 14.3 Å². The number of carbonyl (C=O) groups excluding carboxylic acids is 1.